The second-order valence-corrected chi connectivity index (χ2v) is 6.66. The third kappa shape index (κ3) is 4.53. The summed E-state index contributed by atoms with van der Waals surface area (Å²) >= 11 is 0. The molecule has 0 aliphatic carbocycles. The SMILES string of the molecule is CC(C)(N)CN1CCC(Cc2ccc(F)c(F)c2)CC1. The van der Waals surface area contributed by atoms with Gasteiger partial charge in [-0.1, -0.05) is 6.07 Å². The van der Waals surface area contributed by atoms with E-state index in [4.69, 9.17) is 5.73 Å². The number of benzene rings is 1. The van der Waals surface area contributed by atoms with Gasteiger partial charge in [0.1, 0.15) is 0 Å². The molecule has 112 valence electrons. The summed E-state index contributed by atoms with van der Waals surface area (Å²) in [5.74, 6) is -0.962. The first-order valence-corrected chi connectivity index (χ1v) is 7.29. The molecule has 0 atom stereocenters. The highest BCUT2D eigenvalue weighted by Gasteiger charge is 2.23. The molecule has 1 aliphatic heterocycles. The van der Waals surface area contributed by atoms with Gasteiger partial charge in [0.2, 0.25) is 0 Å². The molecule has 0 spiro atoms. The number of hydrogen-bond donors (Lipinski definition) is 1. The van der Waals surface area contributed by atoms with Crippen LogP contribution in [-0.4, -0.2) is 30.1 Å². The number of nitrogens with zero attached hydrogens (tertiary/aromatic N) is 1. The second-order valence-electron chi connectivity index (χ2n) is 6.66. The van der Waals surface area contributed by atoms with Crippen molar-refractivity contribution in [1.29, 1.82) is 0 Å². The Labute approximate surface area is 120 Å². The van der Waals surface area contributed by atoms with E-state index >= 15 is 0 Å². The lowest BCUT2D eigenvalue weighted by Gasteiger charge is -2.35. The van der Waals surface area contributed by atoms with Crippen molar-refractivity contribution in [3.05, 3.63) is 35.4 Å². The molecule has 2 rings (SSSR count). The summed E-state index contributed by atoms with van der Waals surface area (Å²) in [5.41, 5.74) is 6.77. The van der Waals surface area contributed by atoms with Gasteiger partial charge in [-0.3, -0.25) is 0 Å². The first-order valence-electron chi connectivity index (χ1n) is 7.29. The number of rotatable bonds is 4. The average Bonchev–Trinajstić information content (AvgIpc) is 2.35. The van der Waals surface area contributed by atoms with Gasteiger partial charge in [0.15, 0.2) is 11.6 Å². The molecule has 2 N–H and O–H groups in total. The maximum Gasteiger partial charge on any atom is 0.159 e. The van der Waals surface area contributed by atoms with Gasteiger partial charge in [-0.05, 0) is 69.8 Å². The summed E-state index contributed by atoms with van der Waals surface area (Å²) in [6.45, 7) is 7.07. The molecule has 0 radical (unpaired) electrons. The minimum absolute atomic E-state index is 0.160. The number of piperidine rings is 1. The predicted molar refractivity (Wildman–Crippen MR) is 77.5 cm³/mol. The molecule has 0 amide bonds. The Bertz CT molecular complexity index is 446. The highest BCUT2D eigenvalue weighted by atomic mass is 19.2. The molecule has 0 aromatic heterocycles. The van der Waals surface area contributed by atoms with Gasteiger partial charge in [0.05, 0.1) is 0 Å². The summed E-state index contributed by atoms with van der Waals surface area (Å²) in [5, 5.41) is 0. The maximum absolute atomic E-state index is 13.2. The lowest BCUT2D eigenvalue weighted by atomic mass is 9.89. The lowest BCUT2D eigenvalue weighted by molar-refractivity contribution is 0.157. The quantitative estimate of drug-likeness (QED) is 0.920. The van der Waals surface area contributed by atoms with Gasteiger partial charge >= 0.3 is 0 Å². The third-order valence-corrected chi connectivity index (χ3v) is 3.85. The van der Waals surface area contributed by atoms with Gasteiger partial charge < -0.3 is 10.6 Å². The zero-order valence-corrected chi connectivity index (χ0v) is 12.3. The number of nitrogens with two attached hydrogens (primary N) is 1. The van der Waals surface area contributed by atoms with Gasteiger partial charge in [-0.2, -0.15) is 0 Å². The Kier molecular flexibility index (Phi) is 4.76. The van der Waals surface area contributed by atoms with Gasteiger partial charge in [0, 0.05) is 12.1 Å². The Morgan fingerprint density at radius 1 is 1.20 bits per heavy atom. The Balaban J connectivity index is 1.83. The van der Waals surface area contributed by atoms with E-state index in [-0.39, 0.29) is 5.54 Å². The zero-order chi connectivity index (χ0) is 14.8. The summed E-state index contributed by atoms with van der Waals surface area (Å²) < 4.78 is 26.1. The lowest BCUT2D eigenvalue weighted by Crippen LogP contribution is -2.48. The molecular formula is C16H24F2N2. The van der Waals surface area contributed by atoms with Crippen molar-refractivity contribution in [2.24, 2.45) is 11.7 Å². The molecule has 1 saturated heterocycles. The fraction of sp³-hybridized carbons (Fsp3) is 0.625. The number of halogens is 2. The van der Waals surface area contributed by atoms with Crippen LogP contribution in [0.3, 0.4) is 0 Å². The smallest absolute Gasteiger partial charge is 0.159 e. The number of likely N-dealkylation sites (tertiary alicyclic amines) is 1. The van der Waals surface area contributed by atoms with Gasteiger partial charge in [-0.15, -0.1) is 0 Å². The van der Waals surface area contributed by atoms with Gasteiger partial charge in [-0.25, -0.2) is 8.78 Å². The molecule has 1 fully saturated rings. The first-order chi connectivity index (χ1) is 9.33. The van der Waals surface area contributed by atoms with Crippen molar-refractivity contribution >= 4 is 0 Å². The molecule has 0 saturated carbocycles. The van der Waals surface area contributed by atoms with E-state index in [1.54, 1.807) is 6.07 Å². The molecule has 4 heteroatoms. The minimum Gasteiger partial charge on any atom is -0.324 e. The molecule has 1 aliphatic rings. The molecule has 0 unspecified atom stereocenters. The Hall–Kier alpha value is -1.00. The standard InChI is InChI=1S/C16H24F2N2/c1-16(2,19)11-20-7-5-12(6-8-20)9-13-3-4-14(17)15(18)10-13/h3-4,10,12H,5-9,11,19H2,1-2H3. The van der Waals surface area contributed by atoms with E-state index in [1.807, 2.05) is 13.8 Å². The van der Waals surface area contributed by atoms with E-state index in [0.29, 0.717) is 5.92 Å². The summed E-state index contributed by atoms with van der Waals surface area (Å²) in [6.07, 6.45) is 3.02. The van der Waals surface area contributed by atoms with Crippen LogP contribution in [0.5, 0.6) is 0 Å². The van der Waals surface area contributed by atoms with Crippen LogP contribution in [0.15, 0.2) is 18.2 Å². The van der Waals surface area contributed by atoms with E-state index in [0.717, 1.165) is 44.5 Å². The Morgan fingerprint density at radius 3 is 2.40 bits per heavy atom. The van der Waals surface area contributed by atoms with E-state index in [9.17, 15) is 8.78 Å². The topological polar surface area (TPSA) is 29.3 Å². The van der Waals surface area contributed by atoms with Crippen LogP contribution in [0.2, 0.25) is 0 Å². The molecule has 1 aromatic carbocycles. The van der Waals surface area contributed by atoms with Crippen LogP contribution < -0.4 is 5.73 Å². The fourth-order valence-electron chi connectivity index (χ4n) is 2.92. The van der Waals surface area contributed by atoms with Crippen molar-refractivity contribution in [3.63, 3.8) is 0 Å². The third-order valence-electron chi connectivity index (χ3n) is 3.85. The van der Waals surface area contributed by atoms with Crippen molar-refractivity contribution in [3.8, 4) is 0 Å². The monoisotopic (exact) mass is 282 g/mol. The summed E-state index contributed by atoms with van der Waals surface area (Å²) in [6, 6.07) is 4.23. The van der Waals surface area contributed by atoms with Crippen LogP contribution >= 0.6 is 0 Å². The molecule has 20 heavy (non-hydrogen) atoms. The van der Waals surface area contributed by atoms with Crippen molar-refractivity contribution in [1.82, 2.24) is 4.90 Å². The van der Waals surface area contributed by atoms with Crippen molar-refractivity contribution in [2.75, 3.05) is 19.6 Å². The largest absolute Gasteiger partial charge is 0.324 e. The maximum atomic E-state index is 13.2. The summed E-state index contributed by atoms with van der Waals surface area (Å²) in [7, 11) is 0. The van der Waals surface area contributed by atoms with Crippen LogP contribution in [0.1, 0.15) is 32.3 Å². The normalized spacial score (nSPS) is 18.4. The van der Waals surface area contributed by atoms with Crippen LogP contribution in [0, 0.1) is 17.6 Å². The molecule has 1 aromatic rings. The molecule has 0 bridgehead atoms. The van der Waals surface area contributed by atoms with E-state index in [1.165, 1.54) is 12.1 Å². The zero-order valence-electron chi connectivity index (χ0n) is 12.3. The second kappa shape index (κ2) is 6.19. The van der Waals surface area contributed by atoms with Crippen molar-refractivity contribution in [2.45, 2.75) is 38.6 Å². The first kappa shape index (κ1) is 15.4. The molecule has 1 heterocycles. The van der Waals surface area contributed by atoms with Crippen LogP contribution in [0.4, 0.5) is 8.78 Å². The number of hydrogen-bond acceptors (Lipinski definition) is 2. The summed E-state index contributed by atoms with van der Waals surface area (Å²) in [4.78, 5) is 2.39. The average molecular weight is 282 g/mol. The fourth-order valence-corrected chi connectivity index (χ4v) is 2.92. The highest BCUT2D eigenvalue weighted by molar-refractivity contribution is 5.18. The molecular weight excluding hydrogens is 258 g/mol. The predicted octanol–water partition coefficient (Wildman–Crippen LogP) is 2.96. The van der Waals surface area contributed by atoms with E-state index < -0.39 is 11.6 Å². The van der Waals surface area contributed by atoms with Crippen molar-refractivity contribution < 1.29 is 8.78 Å². The van der Waals surface area contributed by atoms with Crippen LogP contribution in [0.25, 0.3) is 0 Å². The minimum atomic E-state index is -0.770. The van der Waals surface area contributed by atoms with Gasteiger partial charge in [0.25, 0.3) is 0 Å². The van der Waals surface area contributed by atoms with E-state index in [2.05, 4.69) is 4.90 Å². The highest BCUT2D eigenvalue weighted by Crippen LogP contribution is 2.23. The van der Waals surface area contributed by atoms with Crippen LogP contribution in [-0.2, 0) is 6.42 Å². The Morgan fingerprint density at radius 2 is 1.85 bits per heavy atom. The molecule has 2 nitrogen and oxygen atoms in total.